The summed E-state index contributed by atoms with van der Waals surface area (Å²) in [5.41, 5.74) is 17.8. The van der Waals surface area contributed by atoms with Crippen LogP contribution >= 0.6 is 11.3 Å². The molecule has 1 spiro atoms. The van der Waals surface area contributed by atoms with E-state index in [1.54, 1.807) is 0 Å². The Bertz CT molecular complexity index is 3520. The van der Waals surface area contributed by atoms with Gasteiger partial charge in [0.15, 0.2) is 17.5 Å². The lowest BCUT2D eigenvalue weighted by Crippen LogP contribution is -2.25. The third-order valence-electron chi connectivity index (χ3n) is 13.0. The molecular formula is C58H35N3S. The van der Waals surface area contributed by atoms with Crippen molar-refractivity contribution in [2.24, 2.45) is 0 Å². The molecule has 0 atom stereocenters. The fourth-order valence-electron chi connectivity index (χ4n) is 10.2. The van der Waals surface area contributed by atoms with Crippen molar-refractivity contribution in [1.29, 1.82) is 0 Å². The number of hydrogen-bond acceptors (Lipinski definition) is 4. The molecular weight excluding hydrogens is 771 g/mol. The van der Waals surface area contributed by atoms with E-state index >= 15 is 0 Å². The number of hydrogen-bond donors (Lipinski definition) is 0. The van der Waals surface area contributed by atoms with Gasteiger partial charge in [0.1, 0.15) is 0 Å². The molecule has 0 bridgehead atoms. The lowest BCUT2D eigenvalue weighted by atomic mass is 9.70. The van der Waals surface area contributed by atoms with Gasteiger partial charge in [-0.05, 0) is 103 Å². The Morgan fingerprint density at radius 3 is 1.39 bits per heavy atom. The van der Waals surface area contributed by atoms with E-state index in [4.69, 9.17) is 15.0 Å². The molecule has 3 nitrogen and oxygen atoms in total. The highest BCUT2D eigenvalue weighted by Gasteiger charge is 2.51. The van der Waals surface area contributed by atoms with Crippen molar-refractivity contribution in [2.75, 3.05) is 0 Å². The average molecular weight is 806 g/mol. The average Bonchev–Trinajstić information content (AvgIpc) is 3.98. The maximum Gasteiger partial charge on any atom is 0.164 e. The van der Waals surface area contributed by atoms with Crippen LogP contribution in [0.1, 0.15) is 22.3 Å². The maximum absolute atomic E-state index is 5.14. The Morgan fingerprint density at radius 2 is 0.726 bits per heavy atom. The van der Waals surface area contributed by atoms with Crippen LogP contribution in [0, 0.1) is 0 Å². The highest BCUT2D eigenvalue weighted by Crippen LogP contribution is 2.63. The molecule has 62 heavy (non-hydrogen) atoms. The number of aromatic nitrogens is 3. The van der Waals surface area contributed by atoms with Crippen LogP contribution in [0.5, 0.6) is 0 Å². The summed E-state index contributed by atoms with van der Waals surface area (Å²) in [6.45, 7) is 0. The summed E-state index contributed by atoms with van der Waals surface area (Å²) in [5, 5.41) is 2.47. The van der Waals surface area contributed by atoms with Gasteiger partial charge in [0.2, 0.25) is 0 Å². The van der Waals surface area contributed by atoms with E-state index in [1.807, 2.05) is 29.5 Å². The zero-order valence-electron chi connectivity index (χ0n) is 33.5. The zero-order valence-corrected chi connectivity index (χ0v) is 34.3. The van der Waals surface area contributed by atoms with Gasteiger partial charge >= 0.3 is 0 Å². The van der Waals surface area contributed by atoms with Crippen LogP contribution in [0.25, 0.3) is 98.8 Å². The van der Waals surface area contributed by atoms with E-state index in [-0.39, 0.29) is 5.41 Å². The second-order valence-corrected chi connectivity index (χ2v) is 17.4. The van der Waals surface area contributed by atoms with E-state index in [0.29, 0.717) is 17.5 Å². The third-order valence-corrected chi connectivity index (χ3v) is 14.1. The van der Waals surface area contributed by atoms with Gasteiger partial charge in [-0.15, -0.1) is 11.3 Å². The van der Waals surface area contributed by atoms with Crippen LogP contribution in [-0.2, 0) is 5.41 Å². The number of nitrogens with zero attached hydrogens (tertiary/aromatic N) is 3. The molecule has 2 aromatic heterocycles. The van der Waals surface area contributed by atoms with Crippen molar-refractivity contribution in [3.63, 3.8) is 0 Å². The van der Waals surface area contributed by atoms with Crippen LogP contribution in [-0.4, -0.2) is 15.0 Å². The third kappa shape index (κ3) is 5.20. The molecule has 11 aromatic rings. The van der Waals surface area contributed by atoms with Crippen LogP contribution in [0.2, 0.25) is 0 Å². The molecule has 13 rings (SSSR count). The van der Waals surface area contributed by atoms with Gasteiger partial charge in [0, 0.05) is 36.9 Å². The van der Waals surface area contributed by atoms with Crippen molar-refractivity contribution >= 4 is 31.5 Å². The minimum absolute atomic E-state index is 0.365. The Labute approximate surface area is 363 Å². The summed E-state index contributed by atoms with van der Waals surface area (Å²) < 4.78 is 2.53. The number of thiophene rings is 1. The van der Waals surface area contributed by atoms with Gasteiger partial charge in [-0.25, -0.2) is 15.0 Å². The predicted molar refractivity (Wildman–Crippen MR) is 256 cm³/mol. The molecule has 2 heterocycles. The first kappa shape index (κ1) is 35.0. The number of fused-ring (bicyclic) bond motifs is 13. The van der Waals surface area contributed by atoms with Crippen LogP contribution < -0.4 is 0 Å². The quantitative estimate of drug-likeness (QED) is 0.174. The molecule has 2 aliphatic carbocycles. The van der Waals surface area contributed by atoms with Crippen molar-refractivity contribution in [3.8, 4) is 78.7 Å². The van der Waals surface area contributed by atoms with Gasteiger partial charge in [-0.3, -0.25) is 0 Å². The molecule has 0 fully saturated rings. The van der Waals surface area contributed by atoms with Gasteiger partial charge in [-0.1, -0.05) is 176 Å². The van der Waals surface area contributed by atoms with Crippen molar-refractivity contribution < 1.29 is 0 Å². The van der Waals surface area contributed by atoms with Crippen LogP contribution in [0.3, 0.4) is 0 Å². The molecule has 0 unspecified atom stereocenters. The first-order chi connectivity index (χ1) is 30.7. The first-order valence-corrected chi connectivity index (χ1v) is 21.9. The van der Waals surface area contributed by atoms with Gasteiger partial charge in [-0.2, -0.15) is 0 Å². The van der Waals surface area contributed by atoms with E-state index in [1.165, 1.54) is 75.8 Å². The summed E-state index contributed by atoms with van der Waals surface area (Å²) in [7, 11) is 0. The molecule has 2 aliphatic rings. The molecule has 9 aromatic carbocycles. The second kappa shape index (κ2) is 13.6. The SMILES string of the molecule is c1ccc(-c2nc(-c3cccc(-c4ccc(-c5ccc6c(c5)C5(c7ccccc7-c7ccccc75)c5ccccc5-6)cc4)c3)nc(-c3ccc4sc5ccccc5c4c3)n2)cc1. The molecule has 0 aliphatic heterocycles. The summed E-state index contributed by atoms with van der Waals surface area (Å²) in [5.74, 6) is 1.95. The van der Waals surface area contributed by atoms with Crippen molar-refractivity contribution in [2.45, 2.75) is 5.41 Å². The van der Waals surface area contributed by atoms with E-state index < -0.39 is 0 Å². The molecule has 4 heteroatoms. The highest BCUT2D eigenvalue weighted by molar-refractivity contribution is 7.25. The molecule has 0 saturated carbocycles. The zero-order chi connectivity index (χ0) is 40.8. The Balaban J connectivity index is 0.883. The normalized spacial score (nSPS) is 13.0. The lowest BCUT2D eigenvalue weighted by molar-refractivity contribution is 0.794. The second-order valence-electron chi connectivity index (χ2n) is 16.3. The fourth-order valence-corrected chi connectivity index (χ4v) is 11.3. The summed E-state index contributed by atoms with van der Waals surface area (Å²) in [4.78, 5) is 15.3. The standard InChI is InChI=1S/C58H35N3S/c1-2-13-38(14-3-1)55-59-56(61-57(60-55)42-30-32-54-48(34-42)47-20-7-11-24-53(47)62-54)41-16-12-15-39(33-41)36-25-27-37(28-26-36)40-29-31-46-45-19-6-10-23-51(45)58(52(46)35-40)49-21-8-4-17-43(49)44-18-5-9-22-50(44)58/h1-35H. The van der Waals surface area contributed by atoms with E-state index in [9.17, 15) is 0 Å². The van der Waals surface area contributed by atoms with Crippen molar-refractivity contribution in [3.05, 3.63) is 235 Å². The Morgan fingerprint density at radius 1 is 0.274 bits per heavy atom. The first-order valence-electron chi connectivity index (χ1n) is 21.1. The van der Waals surface area contributed by atoms with Gasteiger partial charge in [0.05, 0.1) is 5.41 Å². The lowest BCUT2D eigenvalue weighted by Gasteiger charge is -2.30. The van der Waals surface area contributed by atoms with Gasteiger partial charge < -0.3 is 0 Å². The molecule has 0 saturated heterocycles. The minimum atomic E-state index is -0.365. The number of rotatable bonds is 5. The summed E-state index contributed by atoms with van der Waals surface area (Å²) >= 11 is 1.81. The van der Waals surface area contributed by atoms with Crippen LogP contribution in [0.15, 0.2) is 212 Å². The summed E-state index contributed by atoms with van der Waals surface area (Å²) in [6.07, 6.45) is 0. The Kier molecular flexibility index (Phi) is 7.69. The van der Waals surface area contributed by atoms with E-state index in [2.05, 4.69) is 194 Å². The summed E-state index contributed by atoms with van der Waals surface area (Å²) in [6, 6.07) is 76.9. The highest BCUT2D eigenvalue weighted by atomic mass is 32.1. The Hall–Kier alpha value is -7.79. The van der Waals surface area contributed by atoms with Gasteiger partial charge in [0.25, 0.3) is 0 Å². The maximum atomic E-state index is 5.14. The van der Waals surface area contributed by atoms with Crippen LogP contribution in [0.4, 0.5) is 0 Å². The number of benzene rings is 9. The van der Waals surface area contributed by atoms with E-state index in [0.717, 1.165) is 27.8 Å². The molecule has 0 N–H and O–H groups in total. The topological polar surface area (TPSA) is 38.7 Å². The predicted octanol–water partition coefficient (Wildman–Crippen LogP) is 14.9. The molecule has 288 valence electrons. The minimum Gasteiger partial charge on any atom is -0.208 e. The monoisotopic (exact) mass is 805 g/mol. The fraction of sp³-hybridized carbons (Fsp3) is 0.0172. The van der Waals surface area contributed by atoms with Crippen molar-refractivity contribution in [1.82, 2.24) is 15.0 Å². The smallest absolute Gasteiger partial charge is 0.164 e. The molecule has 0 radical (unpaired) electrons. The largest absolute Gasteiger partial charge is 0.208 e. The molecule has 0 amide bonds.